The van der Waals surface area contributed by atoms with E-state index in [0.717, 1.165) is 18.8 Å². The van der Waals surface area contributed by atoms with E-state index in [1.165, 1.54) is 23.9 Å². The number of anilines is 2. The summed E-state index contributed by atoms with van der Waals surface area (Å²) in [4.78, 5) is 17.0. The van der Waals surface area contributed by atoms with Crippen LogP contribution in [0.15, 0.2) is 12.7 Å². The van der Waals surface area contributed by atoms with E-state index in [4.69, 9.17) is 0 Å². The number of hydrogen-bond donors (Lipinski definition) is 2. The third-order valence-corrected chi connectivity index (χ3v) is 3.82. The zero-order valence-corrected chi connectivity index (χ0v) is 12.3. The molecule has 2 aromatic heterocycles. The predicted molar refractivity (Wildman–Crippen MR) is 79.3 cm³/mol. The maximum Gasteiger partial charge on any atom is 0.258 e. The molecule has 0 aromatic carbocycles. The molecule has 1 aliphatic carbocycles. The fourth-order valence-corrected chi connectivity index (χ4v) is 2.54. The van der Waals surface area contributed by atoms with Gasteiger partial charge >= 0.3 is 0 Å². The Hall–Kier alpha value is -2.25. The van der Waals surface area contributed by atoms with E-state index < -0.39 is 0 Å². The Morgan fingerprint density at radius 1 is 1.10 bits per heavy atom. The lowest BCUT2D eigenvalue weighted by molar-refractivity contribution is 0.360. The SMILES string of the molecule is CNc1nc(NC2CCC(C)CC2)nc(-n2cncn2)n1. The van der Waals surface area contributed by atoms with Gasteiger partial charge in [0.05, 0.1) is 0 Å². The second-order valence-corrected chi connectivity index (χ2v) is 5.47. The Bertz CT molecular complexity index is 574. The molecular formula is C13H20N8. The highest BCUT2D eigenvalue weighted by molar-refractivity contribution is 5.37. The molecule has 1 fully saturated rings. The summed E-state index contributed by atoms with van der Waals surface area (Å²) in [6.07, 6.45) is 7.83. The molecule has 0 bridgehead atoms. The van der Waals surface area contributed by atoms with E-state index in [1.807, 2.05) is 0 Å². The highest BCUT2D eigenvalue weighted by atomic mass is 15.4. The molecule has 0 spiro atoms. The van der Waals surface area contributed by atoms with Gasteiger partial charge in [-0.25, -0.2) is 4.98 Å². The summed E-state index contributed by atoms with van der Waals surface area (Å²) < 4.78 is 1.52. The van der Waals surface area contributed by atoms with Gasteiger partial charge in [0.1, 0.15) is 12.7 Å². The van der Waals surface area contributed by atoms with E-state index in [2.05, 4.69) is 42.6 Å². The van der Waals surface area contributed by atoms with Gasteiger partial charge in [0.15, 0.2) is 0 Å². The largest absolute Gasteiger partial charge is 0.357 e. The van der Waals surface area contributed by atoms with Gasteiger partial charge in [0.25, 0.3) is 5.95 Å². The first-order valence-electron chi connectivity index (χ1n) is 7.30. The van der Waals surface area contributed by atoms with Crippen molar-refractivity contribution in [3.05, 3.63) is 12.7 Å². The molecule has 0 saturated heterocycles. The Labute approximate surface area is 123 Å². The van der Waals surface area contributed by atoms with Crippen molar-refractivity contribution in [2.75, 3.05) is 17.7 Å². The van der Waals surface area contributed by atoms with Gasteiger partial charge in [-0.2, -0.15) is 24.7 Å². The second-order valence-electron chi connectivity index (χ2n) is 5.47. The van der Waals surface area contributed by atoms with E-state index >= 15 is 0 Å². The van der Waals surface area contributed by atoms with Crippen LogP contribution >= 0.6 is 0 Å². The molecule has 0 aliphatic heterocycles. The van der Waals surface area contributed by atoms with Crippen LogP contribution in [0.4, 0.5) is 11.9 Å². The summed E-state index contributed by atoms with van der Waals surface area (Å²) in [5.41, 5.74) is 0. The summed E-state index contributed by atoms with van der Waals surface area (Å²) in [5, 5.41) is 10.4. The minimum atomic E-state index is 0.428. The van der Waals surface area contributed by atoms with Crippen LogP contribution < -0.4 is 10.6 Å². The maximum atomic E-state index is 4.42. The third kappa shape index (κ3) is 3.26. The highest BCUT2D eigenvalue weighted by Crippen LogP contribution is 2.25. The summed E-state index contributed by atoms with van der Waals surface area (Å²) in [6, 6.07) is 0.428. The van der Waals surface area contributed by atoms with Gasteiger partial charge < -0.3 is 10.6 Å². The number of aromatic nitrogens is 6. The molecule has 8 nitrogen and oxygen atoms in total. The van der Waals surface area contributed by atoms with Crippen LogP contribution in [0.25, 0.3) is 5.95 Å². The molecule has 1 aliphatic rings. The minimum Gasteiger partial charge on any atom is -0.357 e. The lowest BCUT2D eigenvalue weighted by Crippen LogP contribution is -2.26. The zero-order valence-electron chi connectivity index (χ0n) is 12.3. The highest BCUT2D eigenvalue weighted by Gasteiger charge is 2.19. The van der Waals surface area contributed by atoms with E-state index in [-0.39, 0.29) is 0 Å². The van der Waals surface area contributed by atoms with Crippen molar-refractivity contribution in [2.24, 2.45) is 5.92 Å². The molecule has 0 unspecified atom stereocenters. The molecule has 0 amide bonds. The van der Waals surface area contributed by atoms with Gasteiger partial charge in [-0.3, -0.25) is 0 Å². The fourth-order valence-electron chi connectivity index (χ4n) is 2.54. The molecule has 0 radical (unpaired) electrons. The van der Waals surface area contributed by atoms with Crippen LogP contribution in [0.3, 0.4) is 0 Å². The molecule has 21 heavy (non-hydrogen) atoms. The summed E-state index contributed by atoms with van der Waals surface area (Å²) in [5.74, 6) is 2.38. The molecule has 112 valence electrons. The fraction of sp³-hybridized carbons (Fsp3) is 0.615. The lowest BCUT2D eigenvalue weighted by Gasteiger charge is -2.26. The second kappa shape index (κ2) is 6.02. The van der Waals surface area contributed by atoms with E-state index in [0.29, 0.717) is 23.9 Å². The van der Waals surface area contributed by atoms with Crippen molar-refractivity contribution in [1.82, 2.24) is 29.7 Å². The van der Waals surface area contributed by atoms with Gasteiger partial charge in [0.2, 0.25) is 11.9 Å². The van der Waals surface area contributed by atoms with Gasteiger partial charge in [0, 0.05) is 13.1 Å². The van der Waals surface area contributed by atoms with Crippen molar-refractivity contribution in [1.29, 1.82) is 0 Å². The van der Waals surface area contributed by atoms with Crippen LogP contribution in [0.1, 0.15) is 32.6 Å². The Morgan fingerprint density at radius 3 is 2.52 bits per heavy atom. The minimum absolute atomic E-state index is 0.428. The summed E-state index contributed by atoms with van der Waals surface area (Å²) in [7, 11) is 1.78. The lowest BCUT2D eigenvalue weighted by atomic mass is 9.87. The smallest absolute Gasteiger partial charge is 0.258 e. The molecule has 2 N–H and O–H groups in total. The normalized spacial score (nSPS) is 22.0. The standard InChI is InChI=1S/C13H20N8/c1-9-3-5-10(6-4-9)17-12-18-11(14-2)19-13(20-12)21-8-15-7-16-21/h7-10H,3-6H2,1-2H3,(H2,14,17,18,19,20). The van der Waals surface area contributed by atoms with Crippen LogP contribution in [-0.4, -0.2) is 42.8 Å². The zero-order chi connectivity index (χ0) is 14.7. The van der Waals surface area contributed by atoms with Gasteiger partial charge in [-0.1, -0.05) is 6.92 Å². The molecular weight excluding hydrogens is 268 g/mol. The number of nitrogens with one attached hydrogen (secondary N) is 2. The average molecular weight is 288 g/mol. The first-order chi connectivity index (χ1) is 10.2. The number of hydrogen-bond acceptors (Lipinski definition) is 7. The van der Waals surface area contributed by atoms with E-state index in [1.54, 1.807) is 13.4 Å². The van der Waals surface area contributed by atoms with Crippen molar-refractivity contribution < 1.29 is 0 Å². The first-order valence-corrected chi connectivity index (χ1v) is 7.30. The third-order valence-electron chi connectivity index (χ3n) is 3.82. The summed E-state index contributed by atoms with van der Waals surface area (Å²) >= 11 is 0. The average Bonchev–Trinajstić information content (AvgIpc) is 3.04. The monoisotopic (exact) mass is 288 g/mol. The van der Waals surface area contributed by atoms with Crippen LogP contribution in [-0.2, 0) is 0 Å². The first kappa shape index (κ1) is 13.7. The summed E-state index contributed by atoms with van der Waals surface area (Å²) in [6.45, 7) is 2.31. The molecule has 1 saturated carbocycles. The van der Waals surface area contributed by atoms with Crippen molar-refractivity contribution in [3.8, 4) is 5.95 Å². The quantitative estimate of drug-likeness (QED) is 0.880. The number of rotatable bonds is 4. The van der Waals surface area contributed by atoms with Crippen molar-refractivity contribution in [3.63, 3.8) is 0 Å². The van der Waals surface area contributed by atoms with Crippen molar-refractivity contribution >= 4 is 11.9 Å². The predicted octanol–water partition coefficient (Wildman–Crippen LogP) is 1.48. The van der Waals surface area contributed by atoms with Crippen LogP contribution in [0.5, 0.6) is 0 Å². The Balaban J connectivity index is 1.79. The van der Waals surface area contributed by atoms with Crippen LogP contribution in [0.2, 0.25) is 0 Å². The molecule has 8 heteroatoms. The molecule has 3 rings (SSSR count). The molecule has 0 atom stereocenters. The number of nitrogens with zero attached hydrogens (tertiary/aromatic N) is 6. The topological polar surface area (TPSA) is 93.4 Å². The van der Waals surface area contributed by atoms with E-state index in [9.17, 15) is 0 Å². The van der Waals surface area contributed by atoms with Crippen LogP contribution in [0, 0.1) is 5.92 Å². The van der Waals surface area contributed by atoms with Gasteiger partial charge in [-0.05, 0) is 31.6 Å². The molecule has 2 aromatic rings. The van der Waals surface area contributed by atoms with Crippen molar-refractivity contribution in [2.45, 2.75) is 38.6 Å². The van der Waals surface area contributed by atoms with Gasteiger partial charge in [-0.15, -0.1) is 0 Å². The maximum absolute atomic E-state index is 4.42. The molecule has 2 heterocycles. The Morgan fingerprint density at radius 2 is 1.86 bits per heavy atom. The Kier molecular flexibility index (Phi) is 3.94.